The molecule has 10 heteroatoms. The Balaban J connectivity index is 1.46. The molecular weight excluding hydrogens is 435 g/mol. The van der Waals surface area contributed by atoms with E-state index in [-0.39, 0.29) is 5.69 Å². The number of hydrogen-bond acceptors (Lipinski definition) is 5. The van der Waals surface area contributed by atoms with Gasteiger partial charge in [0.1, 0.15) is 12.1 Å². The van der Waals surface area contributed by atoms with E-state index in [4.69, 9.17) is 4.74 Å². The van der Waals surface area contributed by atoms with E-state index in [1.165, 1.54) is 23.4 Å². The van der Waals surface area contributed by atoms with Crippen molar-refractivity contribution in [2.24, 2.45) is 0 Å². The van der Waals surface area contributed by atoms with Crippen molar-refractivity contribution in [1.82, 2.24) is 14.9 Å². The number of aromatic nitrogens is 2. The van der Waals surface area contributed by atoms with Crippen LogP contribution in [-0.2, 0) is 19.1 Å². The fraction of sp³-hybridized carbons (Fsp3) is 0.261. The molecule has 0 saturated carbocycles. The van der Waals surface area contributed by atoms with Crippen LogP contribution in [0.25, 0.3) is 0 Å². The summed E-state index contributed by atoms with van der Waals surface area (Å²) < 4.78 is 44.7. The van der Waals surface area contributed by atoms with E-state index < -0.39 is 17.8 Å². The number of anilines is 2. The fourth-order valence-corrected chi connectivity index (χ4v) is 3.58. The summed E-state index contributed by atoms with van der Waals surface area (Å²) in [6.45, 7) is 1.06. The molecule has 0 fully saturated rings. The van der Waals surface area contributed by atoms with Gasteiger partial charge in [-0.3, -0.25) is 4.90 Å². The van der Waals surface area contributed by atoms with Gasteiger partial charge in [-0.25, -0.2) is 14.8 Å². The number of nitrogens with zero attached hydrogens (tertiary/aromatic N) is 4. The molecule has 0 spiro atoms. The first-order valence-electron chi connectivity index (χ1n) is 10.2. The quantitative estimate of drug-likeness (QED) is 0.588. The molecule has 1 N–H and O–H groups in total. The zero-order valence-corrected chi connectivity index (χ0v) is 18.1. The van der Waals surface area contributed by atoms with Gasteiger partial charge in [-0.2, -0.15) is 13.2 Å². The maximum Gasteiger partial charge on any atom is 0.416 e. The van der Waals surface area contributed by atoms with E-state index in [0.29, 0.717) is 36.8 Å². The molecule has 0 radical (unpaired) electrons. The van der Waals surface area contributed by atoms with Gasteiger partial charge in [0.2, 0.25) is 5.88 Å². The summed E-state index contributed by atoms with van der Waals surface area (Å²) in [6, 6.07) is 11.1. The van der Waals surface area contributed by atoms with Gasteiger partial charge < -0.3 is 15.0 Å². The van der Waals surface area contributed by atoms with Crippen molar-refractivity contribution in [3.8, 4) is 11.6 Å². The number of carbonyl (C=O) groups excluding carboxylic acids is 1. The number of nitrogens with one attached hydrogen (secondary N) is 1. The maximum absolute atomic E-state index is 12.9. The van der Waals surface area contributed by atoms with Crippen molar-refractivity contribution < 1.29 is 22.7 Å². The number of urea groups is 1. The Hall–Kier alpha value is -3.66. The van der Waals surface area contributed by atoms with Gasteiger partial charge >= 0.3 is 12.2 Å². The minimum Gasteiger partial charge on any atom is -0.439 e. The normalized spacial score (nSPS) is 13.2. The van der Waals surface area contributed by atoms with Crippen molar-refractivity contribution in [3.63, 3.8) is 0 Å². The molecule has 33 heavy (non-hydrogen) atoms. The molecule has 2 aromatic carbocycles. The summed E-state index contributed by atoms with van der Waals surface area (Å²) in [5, 5.41) is 2.55. The third kappa shape index (κ3) is 5.40. The number of fused-ring (bicyclic) bond motifs is 1. The number of halogens is 3. The van der Waals surface area contributed by atoms with Gasteiger partial charge in [0.05, 0.1) is 11.3 Å². The molecule has 4 rings (SSSR count). The van der Waals surface area contributed by atoms with Crippen molar-refractivity contribution >= 4 is 17.4 Å². The average molecular weight is 457 g/mol. The van der Waals surface area contributed by atoms with Crippen LogP contribution in [0.5, 0.6) is 11.6 Å². The third-order valence-electron chi connectivity index (χ3n) is 5.03. The van der Waals surface area contributed by atoms with Crippen LogP contribution in [0.3, 0.4) is 0 Å². The van der Waals surface area contributed by atoms with Gasteiger partial charge in [0, 0.05) is 30.5 Å². The summed E-state index contributed by atoms with van der Waals surface area (Å²) in [7, 11) is 3.89. The molecule has 1 aromatic heterocycles. The molecule has 1 aliphatic heterocycles. The summed E-state index contributed by atoms with van der Waals surface area (Å²) in [6.07, 6.45) is -2.44. The Morgan fingerprint density at radius 2 is 1.97 bits per heavy atom. The zero-order chi connectivity index (χ0) is 23.6. The lowest BCUT2D eigenvalue weighted by molar-refractivity contribution is -0.137. The first kappa shape index (κ1) is 22.5. The largest absolute Gasteiger partial charge is 0.439 e. The third-order valence-corrected chi connectivity index (χ3v) is 5.03. The molecule has 0 bridgehead atoms. The number of hydrogen-bond donors (Lipinski definition) is 1. The highest BCUT2D eigenvalue weighted by atomic mass is 19.4. The lowest BCUT2D eigenvalue weighted by atomic mass is 10.1. The number of rotatable bonds is 5. The van der Waals surface area contributed by atoms with E-state index in [9.17, 15) is 18.0 Å². The van der Waals surface area contributed by atoms with E-state index in [2.05, 4.69) is 15.3 Å². The molecule has 7 nitrogen and oxygen atoms in total. The maximum atomic E-state index is 12.9. The first-order chi connectivity index (χ1) is 15.7. The molecule has 0 unspecified atom stereocenters. The molecule has 172 valence electrons. The molecular formula is C23H22F3N5O2. The number of carbonyl (C=O) groups is 1. The van der Waals surface area contributed by atoms with Crippen LogP contribution >= 0.6 is 0 Å². The molecule has 2 amide bonds. The second-order valence-electron chi connectivity index (χ2n) is 7.89. The summed E-state index contributed by atoms with van der Waals surface area (Å²) in [5.74, 6) is 0.988. The summed E-state index contributed by atoms with van der Waals surface area (Å²) >= 11 is 0. The Labute approximate surface area is 188 Å². The van der Waals surface area contributed by atoms with Gasteiger partial charge in [-0.1, -0.05) is 6.07 Å². The molecule has 0 atom stereocenters. The van der Waals surface area contributed by atoms with E-state index >= 15 is 0 Å². The lowest BCUT2D eigenvalue weighted by Crippen LogP contribution is -2.33. The Kier molecular flexibility index (Phi) is 6.19. The first-order valence-corrected chi connectivity index (χ1v) is 10.2. The van der Waals surface area contributed by atoms with Gasteiger partial charge in [-0.15, -0.1) is 0 Å². The second-order valence-corrected chi connectivity index (χ2v) is 7.89. The number of alkyl halides is 3. The van der Waals surface area contributed by atoms with Crippen molar-refractivity contribution in [2.45, 2.75) is 19.1 Å². The minimum atomic E-state index is -4.48. The highest BCUT2D eigenvalue weighted by molar-refractivity contribution is 6.03. The fourth-order valence-electron chi connectivity index (χ4n) is 3.58. The van der Waals surface area contributed by atoms with Crippen molar-refractivity contribution in [3.05, 3.63) is 71.7 Å². The Bertz CT molecular complexity index is 1170. The Morgan fingerprint density at radius 1 is 1.15 bits per heavy atom. The zero-order valence-electron chi connectivity index (χ0n) is 18.1. The monoisotopic (exact) mass is 457 g/mol. The van der Waals surface area contributed by atoms with Crippen molar-refractivity contribution in [1.29, 1.82) is 0 Å². The number of ether oxygens (including phenoxy) is 1. The minimum absolute atomic E-state index is 0.0838. The molecule has 0 saturated heterocycles. The number of amides is 2. The Morgan fingerprint density at radius 3 is 2.73 bits per heavy atom. The van der Waals surface area contributed by atoms with Gasteiger partial charge in [0.25, 0.3) is 0 Å². The molecule has 2 heterocycles. The smallest absolute Gasteiger partial charge is 0.416 e. The second kappa shape index (κ2) is 9.07. The highest BCUT2D eigenvalue weighted by Gasteiger charge is 2.31. The van der Waals surface area contributed by atoms with E-state index in [1.54, 1.807) is 18.2 Å². The highest BCUT2D eigenvalue weighted by Crippen LogP contribution is 2.34. The van der Waals surface area contributed by atoms with Crippen LogP contribution in [0.1, 0.15) is 16.8 Å². The van der Waals surface area contributed by atoms with Crippen molar-refractivity contribution in [2.75, 3.05) is 30.9 Å². The van der Waals surface area contributed by atoms with Crippen LogP contribution < -0.4 is 15.0 Å². The van der Waals surface area contributed by atoms with Crippen LogP contribution in [0.4, 0.5) is 29.3 Å². The van der Waals surface area contributed by atoms with Crippen LogP contribution in [-0.4, -0.2) is 41.5 Å². The molecule has 1 aliphatic rings. The van der Waals surface area contributed by atoms with Crippen LogP contribution in [0.15, 0.2) is 54.9 Å². The van der Waals surface area contributed by atoms with Gasteiger partial charge in [0.15, 0.2) is 0 Å². The van der Waals surface area contributed by atoms with E-state index in [0.717, 1.165) is 23.4 Å². The predicted octanol–water partition coefficient (Wildman–Crippen LogP) is 4.94. The number of benzene rings is 2. The SMILES string of the molecule is CN(C)Cc1cc(Oc2ccc3c(c2)CCN3C(=O)Nc2cccc(C(F)(F)F)c2)ncn1. The van der Waals surface area contributed by atoms with Crippen LogP contribution in [0, 0.1) is 0 Å². The standard InChI is InChI=1S/C23H22F3N5O2/c1-30(2)13-18-12-21(28-14-27-18)33-19-6-7-20-15(10-19)8-9-31(20)22(32)29-17-5-3-4-16(11-17)23(24,25)26/h3-7,10-12,14H,8-9,13H2,1-2H3,(H,29,32). The molecule has 0 aliphatic carbocycles. The van der Waals surface area contributed by atoms with E-state index in [1.807, 2.05) is 25.1 Å². The topological polar surface area (TPSA) is 70.6 Å². The van der Waals surface area contributed by atoms with Gasteiger partial charge in [-0.05, 0) is 62.5 Å². The summed E-state index contributed by atoms with van der Waals surface area (Å²) in [5.41, 5.74) is 1.67. The van der Waals surface area contributed by atoms with Crippen LogP contribution in [0.2, 0.25) is 0 Å². The lowest BCUT2D eigenvalue weighted by Gasteiger charge is -2.19. The predicted molar refractivity (Wildman–Crippen MR) is 117 cm³/mol. The average Bonchev–Trinajstić information content (AvgIpc) is 3.16. The molecule has 3 aromatic rings. The summed E-state index contributed by atoms with van der Waals surface area (Å²) in [4.78, 5) is 24.6.